The minimum Gasteiger partial charge on any atom is -0.479 e. The third-order valence-electron chi connectivity index (χ3n) is 3.80. The summed E-state index contributed by atoms with van der Waals surface area (Å²) in [5, 5.41) is 14.4. The van der Waals surface area contributed by atoms with E-state index in [-0.39, 0.29) is 16.9 Å². The van der Waals surface area contributed by atoms with E-state index in [1.807, 2.05) is 11.8 Å². The molecule has 2 saturated heterocycles. The van der Waals surface area contributed by atoms with Crippen molar-refractivity contribution in [1.82, 2.24) is 10.6 Å². The summed E-state index contributed by atoms with van der Waals surface area (Å²) in [5.74, 6) is 0.231. The van der Waals surface area contributed by atoms with E-state index in [1.54, 1.807) is 0 Å². The molecule has 0 aromatic rings. The molecular weight excluding hydrogens is 280 g/mol. The monoisotopic (exact) mass is 302 g/mol. The second-order valence-electron chi connectivity index (χ2n) is 5.63. The van der Waals surface area contributed by atoms with Crippen molar-refractivity contribution in [3.8, 4) is 0 Å². The van der Waals surface area contributed by atoms with Crippen molar-refractivity contribution in [2.45, 2.75) is 49.6 Å². The van der Waals surface area contributed by atoms with Gasteiger partial charge in [-0.1, -0.05) is 0 Å². The van der Waals surface area contributed by atoms with E-state index in [0.29, 0.717) is 25.9 Å². The van der Waals surface area contributed by atoms with Crippen LogP contribution >= 0.6 is 11.8 Å². The minimum absolute atomic E-state index is 0.148. The van der Waals surface area contributed by atoms with Crippen molar-refractivity contribution in [3.05, 3.63) is 0 Å². The zero-order chi connectivity index (χ0) is 14.6. The normalized spacial score (nSPS) is 33.0. The minimum atomic E-state index is -0.928. The van der Waals surface area contributed by atoms with Gasteiger partial charge in [-0.05, 0) is 38.4 Å². The van der Waals surface area contributed by atoms with Crippen molar-refractivity contribution in [1.29, 1.82) is 0 Å². The molecule has 20 heavy (non-hydrogen) atoms. The van der Waals surface area contributed by atoms with E-state index >= 15 is 0 Å². The van der Waals surface area contributed by atoms with Gasteiger partial charge in [-0.25, -0.2) is 9.59 Å². The molecule has 7 heteroatoms. The Balaban J connectivity index is 1.62. The van der Waals surface area contributed by atoms with E-state index in [2.05, 4.69) is 17.6 Å². The summed E-state index contributed by atoms with van der Waals surface area (Å²) in [7, 11) is 0. The van der Waals surface area contributed by atoms with Crippen LogP contribution in [-0.4, -0.2) is 52.9 Å². The fourth-order valence-corrected chi connectivity index (χ4v) is 3.79. The third kappa shape index (κ3) is 4.28. The molecule has 0 saturated carbocycles. The Labute approximate surface area is 123 Å². The summed E-state index contributed by atoms with van der Waals surface area (Å²) >= 11 is 1.90. The zero-order valence-corrected chi connectivity index (χ0v) is 12.5. The molecule has 6 nitrogen and oxygen atoms in total. The van der Waals surface area contributed by atoms with Gasteiger partial charge in [0.1, 0.15) is 0 Å². The van der Waals surface area contributed by atoms with Crippen LogP contribution in [0.25, 0.3) is 0 Å². The van der Waals surface area contributed by atoms with Gasteiger partial charge in [0.05, 0.1) is 6.10 Å². The Kier molecular flexibility index (Phi) is 5.15. The van der Waals surface area contributed by atoms with Crippen LogP contribution in [0.1, 0.15) is 32.6 Å². The standard InChI is InChI=1S/C13H22N2O4S/c1-13(5-2-6-20-13)8-15-12(18)14-7-9-3-4-10(19-9)11(16)17/h9-10H,2-8H2,1H3,(H,16,17)(H2,14,15,18). The lowest BCUT2D eigenvalue weighted by Crippen LogP contribution is -2.44. The molecule has 2 fully saturated rings. The SMILES string of the molecule is CC1(CNC(=O)NCC2CCC(C(=O)O)O2)CCCS1. The van der Waals surface area contributed by atoms with Crippen molar-refractivity contribution in [2.75, 3.05) is 18.8 Å². The summed E-state index contributed by atoms with van der Waals surface area (Å²) in [6.45, 7) is 3.19. The number of aliphatic carboxylic acids is 1. The van der Waals surface area contributed by atoms with Gasteiger partial charge in [0, 0.05) is 17.8 Å². The second kappa shape index (κ2) is 6.67. The molecule has 0 radical (unpaired) electrons. The number of carbonyl (C=O) groups excluding carboxylic acids is 1. The highest BCUT2D eigenvalue weighted by molar-refractivity contribution is 8.00. The summed E-state index contributed by atoms with van der Waals surface area (Å²) in [5.41, 5.74) is 0. The molecule has 0 aromatic heterocycles. The Morgan fingerprint density at radius 3 is 2.80 bits per heavy atom. The van der Waals surface area contributed by atoms with Crippen LogP contribution in [0.3, 0.4) is 0 Å². The lowest BCUT2D eigenvalue weighted by molar-refractivity contribution is -0.149. The van der Waals surface area contributed by atoms with Crippen LogP contribution in [0.4, 0.5) is 4.79 Å². The highest BCUT2D eigenvalue weighted by atomic mass is 32.2. The van der Waals surface area contributed by atoms with E-state index in [9.17, 15) is 9.59 Å². The molecule has 2 aliphatic rings. The van der Waals surface area contributed by atoms with Gasteiger partial charge in [0.25, 0.3) is 0 Å². The summed E-state index contributed by atoms with van der Waals surface area (Å²) < 4.78 is 5.47. The highest BCUT2D eigenvalue weighted by Gasteiger charge is 2.31. The number of rotatable bonds is 5. The molecule has 0 bridgehead atoms. The maximum Gasteiger partial charge on any atom is 0.332 e. The van der Waals surface area contributed by atoms with Gasteiger partial charge < -0.3 is 20.5 Å². The fourth-order valence-electron chi connectivity index (χ4n) is 2.55. The van der Waals surface area contributed by atoms with Gasteiger partial charge in [-0.2, -0.15) is 11.8 Å². The molecular formula is C13H22N2O4S. The van der Waals surface area contributed by atoms with E-state index < -0.39 is 12.1 Å². The first-order valence-corrected chi connectivity index (χ1v) is 8.01. The molecule has 0 aliphatic carbocycles. The van der Waals surface area contributed by atoms with Crippen molar-refractivity contribution >= 4 is 23.8 Å². The van der Waals surface area contributed by atoms with E-state index in [0.717, 1.165) is 12.2 Å². The molecule has 2 heterocycles. The number of hydrogen-bond donors (Lipinski definition) is 3. The summed E-state index contributed by atoms with van der Waals surface area (Å²) in [6.07, 6.45) is 2.60. The molecule has 0 spiro atoms. The number of ether oxygens (including phenoxy) is 1. The molecule has 2 rings (SSSR count). The summed E-state index contributed by atoms with van der Waals surface area (Å²) in [6, 6.07) is -0.207. The summed E-state index contributed by atoms with van der Waals surface area (Å²) in [4.78, 5) is 22.5. The van der Waals surface area contributed by atoms with Crippen LogP contribution in [0.2, 0.25) is 0 Å². The van der Waals surface area contributed by atoms with Crippen LogP contribution in [0.15, 0.2) is 0 Å². The topological polar surface area (TPSA) is 87.7 Å². The Morgan fingerprint density at radius 1 is 1.40 bits per heavy atom. The molecule has 114 valence electrons. The zero-order valence-electron chi connectivity index (χ0n) is 11.7. The van der Waals surface area contributed by atoms with Gasteiger partial charge in [-0.3, -0.25) is 0 Å². The average Bonchev–Trinajstić information content (AvgIpc) is 3.03. The number of amides is 2. The maximum atomic E-state index is 11.7. The smallest absolute Gasteiger partial charge is 0.332 e. The molecule has 2 amide bonds. The predicted molar refractivity (Wildman–Crippen MR) is 77.0 cm³/mol. The Morgan fingerprint density at radius 2 is 2.20 bits per heavy atom. The van der Waals surface area contributed by atoms with Gasteiger partial charge >= 0.3 is 12.0 Å². The van der Waals surface area contributed by atoms with Crippen LogP contribution in [0.5, 0.6) is 0 Å². The first-order valence-electron chi connectivity index (χ1n) is 7.02. The first-order chi connectivity index (χ1) is 9.48. The van der Waals surface area contributed by atoms with Gasteiger partial charge in [0.15, 0.2) is 6.10 Å². The van der Waals surface area contributed by atoms with Gasteiger partial charge in [-0.15, -0.1) is 0 Å². The second-order valence-corrected chi connectivity index (χ2v) is 7.31. The first kappa shape index (κ1) is 15.4. The molecule has 3 unspecified atom stereocenters. The Bertz CT molecular complexity index is 371. The average molecular weight is 302 g/mol. The number of nitrogens with one attached hydrogen (secondary N) is 2. The molecule has 0 aromatic carbocycles. The lowest BCUT2D eigenvalue weighted by atomic mass is 10.1. The highest BCUT2D eigenvalue weighted by Crippen LogP contribution is 2.36. The van der Waals surface area contributed by atoms with E-state index in [1.165, 1.54) is 6.42 Å². The molecule has 2 aliphatic heterocycles. The van der Waals surface area contributed by atoms with Crippen molar-refractivity contribution in [2.24, 2.45) is 0 Å². The van der Waals surface area contributed by atoms with Crippen LogP contribution in [-0.2, 0) is 9.53 Å². The maximum absolute atomic E-state index is 11.7. The van der Waals surface area contributed by atoms with Crippen LogP contribution in [0, 0.1) is 0 Å². The number of hydrogen-bond acceptors (Lipinski definition) is 4. The number of carbonyl (C=O) groups is 2. The molecule has 3 atom stereocenters. The largest absolute Gasteiger partial charge is 0.479 e. The predicted octanol–water partition coefficient (Wildman–Crippen LogP) is 1.20. The van der Waals surface area contributed by atoms with Gasteiger partial charge in [0.2, 0.25) is 0 Å². The molecule has 3 N–H and O–H groups in total. The van der Waals surface area contributed by atoms with Crippen LogP contribution < -0.4 is 10.6 Å². The van der Waals surface area contributed by atoms with E-state index in [4.69, 9.17) is 9.84 Å². The quantitative estimate of drug-likeness (QED) is 0.710. The van der Waals surface area contributed by atoms with Crippen molar-refractivity contribution in [3.63, 3.8) is 0 Å². The number of carboxylic acids is 1. The van der Waals surface area contributed by atoms with Crippen molar-refractivity contribution < 1.29 is 19.4 Å². The lowest BCUT2D eigenvalue weighted by Gasteiger charge is -2.23. The number of urea groups is 1. The fraction of sp³-hybridized carbons (Fsp3) is 0.846. The number of thioether (sulfide) groups is 1. The third-order valence-corrected chi connectivity index (χ3v) is 5.33. The number of carboxylic acid groups (broad SMARTS) is 1. The Hall–Kier alpha value is -0.950.